The Morgan fingerprint density at radius 2 is 1.57 bits per heavy atom. The summed E-state index contributed by atoms with van der Waals surface area (Å²) < 4.78 is 2.44. The van der Waals surface area contributed by atoms with Crippen molar-refractivity contribution in [3.63, 3.8) is 0 Å². The maximum absolute atomic E-state index is 5.98. The van der Waals surface area contributed by atoms with Crippen LogP contribution in [0, 0.1) is 0 Å². The lowest BCUT2D eigenvalue weighted by atomic mass is 9.81. The van der Waals surface area contributed by atoms with Crippen LogP contribution in [0.2, 0.25) is 0 Å². The highest BCUT2D eigenvalue weighted by Gasteiger charge is 2.38. The molecular formula is C28H24N2. The molecule has 0 unspecified atom stereocenters. The fourth-order valence-electron chi connectivity index (χ4n) is 5.40. The quantitative estimate of drug-likeness (QED) is 0.365. The van der Waals surface area contributed by atoms with E-state index in [2.05, 4.69) is 103 Å². The molecular weight excluding hydrogens is 364 g/mol. The Bertz CT molecular complexity index is 1450. The Kier molecular flexibility index (Phi) is 3.54. The molecule has 146 valence electrons. The van der Waals surface area contributed by atoms with Crippen LogP contribution in [0.3, 0.4) is 0 Å². The molecule has 0 radical (unpaired) electrons. The van der Waals surface area contributed by atoms with Gasteiger partial charge < -0.3 is 10.3 Å². The minimum atomic E-state index is -0.0664. The van der Waals surface area contributed by atoms with E-state index >= 15 is 0 Å². The minimum absolute atomic E-state index is 0.0664. The molecule has 0 saturated carbocycles. The van der Waals surface area contributed by atoms with Gasteiger partial charge in [-0.05, 0) is 46.0 Å². The van der Waals surface area contributed by atoms with Crippen LogP contribution in [0.5, 0.6) is 0 Å². The fraction of sp³-hybridized carbons (Fsp3) is 0.143. The summed E-state index contributed by atoms with van der Waals surface area (Å²) in [6.07, 6.45) is 0. The van der Waals surface area contributed by atoms with E-state index in [9.17, 15) is 0 Å². The second kappa shape index (κ2) is 6.07. The number of para-hydroxylation sites is 1. The van der Waals surface area contributed by atoms with Crippen molar-refractivity contribution in [2.75, 3.05) is 0 Å². The highest BCUT2D eigenvalue weighted by atomic mass is 15.0. The Morgan fingerprint density at radius 3 is 2.43 bits per heavy atom. The van der Waals surface area contributed by atoms with E-state index in [-0.39, 0.29) is 5.41 Å². The standard InChI is InChI=1S/C28H24N2/c1-28(2)24-12-5-3-10-20(24)22-14-15-23-21-11-4-6-13-25(21)30(27(23)26(22)28)19-9-7-8-18(16-19)17-29/h3-16H,17,29H2,1-2H3. The van der Waals surface area contributed by atoms with Crippen LogP contribution < -0.4 is 5.73 Å². The number of hydrogen-bond donors (Lipinski definition) is 1. The van der Waals surface area contributed by atoms with Gasteiger partial charge in [0.25, 0.3) is 0 Å². The lowest BCUT2D eigenvalue weighted by Gasteiger charge is -2.23. The number of nitrogens with zero attached hydrogens (tertiary/aromatic N) is 1. The summed E-state index contributed by atoms with van der Waals surface area (Å²) in [5.74, 6) is 0. The topological polar surface area (TPSA) is 30.9 Å². The van der Waals surface area contributed by atoms with E-state index in [0.29, 0.717) is 6.54 Å². The van der Waals surface area contributed by atoms with Gasteiger partial charge in [0.1, 0.15) is 0 Å². The second-order valence-corrected chi connectivity index (χ2v) is 8.78. The number of benzene rings is 4. The molecule has 1 aromatic heterocycles. The van der Waals surface area contributed by atoms with E-state index in [1.807, 2.05) is 0 Å². The van der Waals surface area contributed by atoms with Crippen molar-refractivity contribution >= 4 is 21.8 Å². The third-order valence-electron chi connectivity index (χ3n) is 6.76. The first-order valence-corrected chi connectivity index (χ1v) is 10.6. The van der Waals surface area contributed by atoms with Gasteiger partial charge in [0.05, 0.1) is 11.0 Å². The van der Waals surface area contributed by atoms with Crippen LogP contribution in [0.4, 0.5) is 0 Å². The molecule has 0 saturated heterocycles. The molecule has 30 heavy (non-hydrogen) atoms. The summed E-state index contributed by atoms with van der Waals surface area (Å²) in [6.45, 7) is 5.25. The van der Waals surface area contributed by atoms with E-state index in [1.54, 1.807) is 0 Å². The van der Waals surface area contributed by atoms with Crippen molar-refractivity contribution in [1.29, 1.82) is 0 Å². The molecule has 2 nitrogen and oxygen atoms in total. The SMILES string of the molecule is CC1(C)c2ccccc2-c2ccc3c4ccccc4n(-c4cccc(CN)c4)c3c21. The molecule has 0 bridgehead atoms. The summed E-state index contributed by atoms with van der Waals surface area (Å²) in [5, 5.41) is 2.60. The number of fused-ring (bicyclic) bond motifs is 7. The Labute approximate surface area is 176 Å². The van der Waals surface area contributed by atoms with Crippen molar-refractivity contribution in [3.8, 4) is 16.8 Å². The third-order valence-corrected chi connectivity index (χ3v) is 6.76. The lowest BCUT2D eigenvalue weighted by molar-refractivity contribution is 0.664. The minimum Gasteiger partial charge on any atom is -0.326 e. The number of aromatic nitrogens is 1. The Hall–Kier alpha value is -3.36. The smallest absolute Gasteiger partial charge is 0.0588 e. The van der Waals surface area contributed by atoms with E-state index in [0.717, 1.165) is 5.56 Å². The number of hydrogen-bond acceptors (Lipinski definition) is 1. The molecule has 2 heteroatoms. The molecule has 0 atom stereocenters. The average Bonchev–Trinajstić information content (AvgIpc) is 3.24. The van der Waals surface area contributed by atoms with Crippen molar-refractivity contribution in [3.05, 3.63) is 102 Å². The molecule has 5 aromatic rings. The molecule has 0 amide bonds. The van der Waals surface area contributed by atoms with Crippen molar-refractivity contribution in [1.82, 2.24) is 4.57 Å². The van der Waals surface area contributed by atoms with Gasteiger partial charge in [0.15, 0.2) is 0 Å². The molecule has 2 N–H and O–H groups in total. The first-order chi connectivity index (χ1) is 14.6. The van der Waals surface area contributed by atoms with Gasteiger partial charge in [0, 0.05) is 28.4 Å². The third kappa shape index (κ3) is 2.17. The van der Waals surface area contributed by atoms with Gasteiger partial charge in [-0.3, -0.25) is 0 Å². The molecule has 1 heterocycles. The van der Waals surface area contributed by atoms with Gasteiger partial charge >= 0.3 is 0 Å². The first-order valence-electron chi connectivity index (χ1n) is 10.6. The maximum Gasteiger partial charge on any atom is 0.0588 e. The predicted octanol–water partition coefficient (Wildman–Crippen LogP) is 6.55. The molecule has 1 aliphatic carbocycles. The normalized spacial score (nSPS) is 14.2. The zero-order valence-electron chi connectivity index (χ0n) is 17.3. The average molecular weight is 389 g/mol. The highest BCUT2D eigenvalue weighted by molar-refractivity contribution is 6.13. The molecule has 1 aliphatic rings. The largest absolute Gasteiger partial charge is 0.326 e. The van der Waals surface area contributed by atoms with Crippen molar-refractivity contribution < 1.29 is 0 Å². The molecule has 0 spiro atoms. The van der Waals surface area contributed by atoms with E-state index in [1.165, 1.54) is 49.7 Å². The molecule has 0 aliphatic heterocycles. The molecule has 6 rings (SSSR count). The van der Waals surface area contributed by atoms with Gasteiger partial charge in [-0.15, -0.1) is 0 Å². The number of rotatable bonds is 2. The number of nitrogens with two attached hydrogens (primary N) is 1. The summed E-state index contributed by atoms with van der Waals surface area (Å²) in [5.41, 5.74) is 16.3. The zero-order valence-corrected chi connectivity index (χ0v) is 17.3. The van der Waals surface area contributed by atoms with Crippen LogP contribution in [0.1, 0.15) is 30.5 Å². The van der Waals surface area contributed by atoms with Gasteiger partial charge in [0.2, 0.25) is 0 Å². The maximum atomic E-state index is 5.98. The van der Waals surface area contributed by atoms with Crippen LogP contribution in [-0.2, 0) is 12.0 Å². The van der Waals surface area contributed by atoms with Gasteiger partial charge in [-0.1, -0.05) is 80.6 Å². The van der Waals surface area contributed by atoms with Crippen LogP contribution in [0.25, 0.3) is 38.6 Å². The van der Waals surface area contributed by atoms with E-state index < -0.39 is 0 Å². The first kappa shape index (κ1) is 17.5. The second-order valence-electron chi connectivity index (χ2n) is 8.78. The zero-order chi connectivity index (χ0) is 20.5. The van der Waals surface area contributed by atoms with Crippen molar-refractivity contribution in [2.45, 2.75) is 25.8 Å². The molecule has 0 fully saturated rings. The summed E-state index contributed by atoms with van der Waals surface area (Å²) in [6, 6.07) is 30.8. The van der Waals surface area contributed by atoms with Crippen LogP contribution in [0.15, 0.2) is 84.9 Å². The Morgan fingerprint density at radius 1 is 0.767 bits per heavy atom. The summed E-state index contributed by atoms with van der Waals surface area (Å²) in [7, 11) is 0. The van der Waals surface area contributed by atoms with E-state index in [4.69, 9.17) is 5.73 Å². The van der Waals surface area contributed by atoms with Crippen LogP contribution in [-0.4, -0.2) is 4.57 Å². The van der Waals surface area contributed by atoms with Crippen molar-refractivity contribution in [2.24, 2.45) is 5.73 Å². The highest BCUT2D eigenvalue weighted by Crippen LogP contribution is 2.52. The predicted molar refractivity (Wildman–Crippen MR) is 126 cm³/mol. The lowest BCUT2D eigenvalue weighted by Crippen LogP contribution is -2.16. The summed E-state index contributed by atoms with van der Waals surface area (Å²) in [4.78, 5) is 0. The van der Waals surface area contributed by atoms with Gasteiger partial charge in [-0.25, -0.2) is 0 Å². The van der Waals surface area contributed by atoms with Crippen LogP contribution >= 0.6 is 0 Å². The Balaban J connectivity index is 1.82. The summed E-state index contributed by atoms with van der Waals surface area (Å²) >= 11 is 0. The van der Waals surface area contributed by atoms with Gasteiger partial charge in [-0.2, -0.15) is 0 Å². The molecule has 4 aromatic carbocycles. The monoisotopic (exact) mass is 388 g/mol. The fourth-order valence-corrected chi connectivity index (χ4v) is 5.40.